The number of hydrogen-bond donors (Lipinski definition) is 0. The van der Waals surface area contributed by atoms with E-state index < -0.39 is 0 Å². The van der Waals surface area contributed by atoms with Crippen LogP contribution in [0, 0.1) is 0 Å². The Hall–Kier alpha value is -1.95. The molecule has 112 valence electrons. The number of nitrogens with zero attached hydrogens (tertiary/aromatic N) is 5. The van der Waals surface area contributed by atoms with Gasteiger partial charge >= 0.3 is 0 Å². The van der Waals surface area contributed by atoms with Crippen molar-refractivity contribution in [2.75, 3.05) is 24.6 Å². The summed E-state index contributed by atoms with van der Waals surface area (Å²) in [7, 11) is 0. The topological polar surface area (TPSA) is 56.1 Å². The fourth-order valence-electron chi connectivity index (χ4n) is 2.58. The monoisotopic (exact) mass is 287 g/mol. The summed E-state index contributed by atoms with van der Waals surface area (Å²) in [6.07, 6.45) is 7.50. The molecule has 0 bridgehead atoms. The van der Waals surface area contributed by atoms with Crippen LogP contribution in [0.25, 0.3) is 0 Å². The van der Waals surface area contributed by atoms with Crippen LogP contribution in [0.4, 0.5) is 5.82 Å². The second-order valence-electron chi connectivity index (χ2n) is 5.24. The fourth-order valence-corrected chi connectivity index (χ4v) is 2.58. The maximum absolute atomic E-state index is 5.94. The summed E-state index contributed by atoms with van der Waals surface area (Å²) < 4.78 is 7.86. The molecule has 6 nitrogen and oxygen atoms in total. The van der Waals surface area contributed by atoms with Gasteiger partial charge in [-0.15, -0.1) is 0 Å². The largest absolute Gasteiger partial charge is 0.374 e. The molecule has 1 saturated heterocycles. The predicted molar refractivity (Wildman–Crippen MR) is 80.2 cm³/mol. The number of anilines is 1. The Kier molecular flexibility index (Phi) is 4.45. The molecule has 1 unspecified atom stereocenters. The van der Waals surface area contributed by atoms with Crippen molar-refractivity contribution >= 4 is 5.82 Å². The molecule has 2 aromatic heterocycles. The molecular weight excluding hydrogens is 266 g/mol. The van der Waals surface area contributed by atoms with Crippen molar-refractivity contribution in [3.05, 3.63) is 36.5 Å². The van der Waals surface area contributed by atoms with Crippen LogP contribution in [0.2, 0.25) is 0 Å². The fraction of sp³-hybridized carbons (Fsp3) is 0.533. The van der Waals surface area contributed by atoms with E-state index >= 15 is 0 Å². The van der Waals surface area contributed by atoms with Gasteiger partial charge < -0.3 is 9.64 Å². The molecule has 0 radical (unpaired) electrons. The first-order chi connectivity index (χ1) is 10.3. The molecule has 1 aliphatic rings. The second kappa shape index (κ2) is 6.67. The normalized spacial score (nSPS) is 19.5. The molecule has 0 saturated carbocycles. The van der Waals surface area contributed by atoms with Gasteiger partial charge in [-0.3, -0.25) is 4.68 Å². The van der Waals surface area contributed by atoms with Crippen molar-refractivity contribution in [1.29, 1.82) is 0 Å². The zero-order valence-corrected chi connectivity index (χ0v) is 12.4. The van der Waals surface area contributed by atoms with Crippen LogP contribution in [-0.4, -0.2) is 45.5 Å². The summed E-state index contributed by atoms with van der Waals surface area (Å²) in [5, 5.41) is 4.26. The van der Waals surface area contributed by atoms with Crippen molar-refractivity contribution in [3.8, 4) is 0 Å². The summed E-state index contributed by atoms with van der Waals surface area (Å²) in [4.78, 5) is 11.0. The highest BCUT2D eigenvalue weighted by atomic mass is 16.5. The van der Waals surface area contributed by atoms with Gasteiger partial charge in [-0.2, -0.15) is 5.10 Å². The van der Waals surface area contributed by atoms with E-state index in [4.69, 9.17) is 4.74 Å². The third kappa shape index (κ3) is 3.58. The first kappa shape index (κ1) is 14.0. The Morgan fingerprint density at radius 3 is 3.14 bits per heavy atom. The van der Waals surface area contributed by atoms with Crippen LogP contribution in [0.5, 0.6) is 0 Å². The number of aromatic nitrogens is 4. The van der Waals surface area contributed by atoms with Crippen LogP contribution in [0.1, 0.15) is 19.0 Å². The minimum atomic E-state index is 0.132. The molecular formula is C15H21N5O. The third-order valence-electron chi connectivity index (χ3n) is 3.70. The lowest BCUT2D eigenvalue weighted by Gasteiger charge is -2.25. The smallest absolute Gasteiger partial charge is 0.132 e. The van der Waals surface area contributed by atoms with Gasteiger partial charge in [-0.1, -0.05) is 6.92 Å². The molecule has 1 aliphatic heterocycles. The zero-order valence-electron chi connectivity index (χ0n) is 12.4. The number of rotatable bonds is 4. The van der Waals surface area contributed by atoms with E-state index in [0.717, 1.165) is 50.6 Å². The van der Waals surface area contributed by atoms with Crippen molar-refractivity contribution in [2.45, 2.75) is 32.4 Å². The molecule has 6 heteroatoms. The molecule has 1 atom stereocenters. The van der Waals surface area contributed by atoms with E-state index in [1.54, 1.807) is 12.5 Å². The average molecular weight is 287 g/mol. The van der Waals surface area contributed by atoms with Gasteiger partial charge in [0.2, 0.25) is 0 Å². The van der Waals surface area contributed by atoms with Gasteiger partial charge in [0.15, 0.2) is 0 Å². The molecule has 3 heterocycles. The Labute approximate surface area is 124 Å². The van der Waals surface area contributed by atoms with Crippen LogP contribution in [0.15, 0.2) is 30.9 Å². The van der Waals surface area contributed by atoms with E-state index in [-0.39, 0.29) is 6.10 Å². The third-order valence-corrected chi connectivity index (χ3v) is 3.70. The minimum absolute atomic E-state index is 0.132. The van der Waals surface area contributed by atoms with Gasteiger partial charge in [0.25, 0.3) is 0 Å². The molecule has 2 aromatic rings. The quantitative estimate of drug-likeness (QED) is 0.853. The summed E-state index contributed by atoms with van der Waals surface area (Å²) in [5.41, 5.74) is 1.08. The molecule has 0 aliphatic carbocycles. The zero-order chi connectivity index (χ0) is 14.5. The summed E-state index contributed by atoms with van der Waals surface area (Å²) >= 11 is 0. The van der Waals surface area contributed by atoms with Gasteiger partial charge in [-0.05, 0) is 18.9 Å². The first-order valence-corrected chi connectivity index (χ1v) is 7.50. The van der Waals surface area contributed by atoms with Gasteiger partial charge in [0, 0.05) is 43.9 Å². The van der Waals surface area contributed by atoms with Crippen LogP contribution in [-0.2, 0) is 17.7 Å². The van der Waals surface area contributed by atoms with Gasteiger partial charge in [0.05, 0.1) is 12.6 Å². The minimum Gasteiger partial charge on any atom is -0.374 e. The second-order valence-corrected chi connectivity index (χ2v) is 5.24. The number of ether oxygens (including phenoxy) is 1. The Balaban J connectivity index is 1.72. The molecule has 21 heavy (non-hydrogen) atoms. The Bertz CT molecular complexity index is 557. The molecule has 0 aromatic carbocycles. The van der Waals surface area contributed by atoms with Crippen molar-refractivity contribution in [2.24, 2.45) is 0 Å². The molecule has 0 spiro atoms. The highest BCUT2D eigenvalue weighted by molar-refractivity contribution is 5.39. The maximum atomic E-state index is 5.94. The van der Waals surface area contributed by atoms with E-state index in [1.165, 1.54) is 0 Å². The van der Waals surface area contributed by atoms with E-state index in [2.05, 4.69) is 33.0 Å². The van der Waals surface area contributed by atoms with Gasteiger partial charge in [0.1, 0.15) is 12.1 Å². The molecule has 0 N–H and O–H groups in total. The lowest BCUT2D eigenvalue weighted by molar-refractivity contribution is 0.0543. The van der Waals surface area contributed by atoms with Crippen molar-refractivity contribution in [3.63, 3.8) is 0 Å². The number of hydrogen-bond acceptors (Lipinski definition) is 5. The highest BCUT2D eigenvalue weighted by Crippen LogP contribution is 2.16. The maximum Gasteiger partial charge on any atom is 0.132 e. The molecule has 3 rings (SSSR count). The lowest BCUT2D eigenvalue weighted by Crippen LogP contribution is -2.35. The standard InChI is InChI=1S/C15H21N5O/c1-2-13-9-15(17-12-16-13)19-6-4-8-21-14(10-19)11-20-7-3-5-18-20/h3,5,7,9,12,14H,2,4,6,8,10-11H2,1H3. The van der Waals surface area contributed by atoms with Crippen LogP contribution < -0.4 is 4.90 Å². The SMILES string of the molecule is CCc1cc(N2CCCOC(Cn3cccn3)C2)ncn1. The summed E-state index contributed by atoms with van der Waals surface area (Å²) in [5.74, 6) is 0.998. The average Bonchev–Trinajstić information content (AvgIpc) is 2.91. The van der Waals surface area contributed by atoms with Gasteiger partial charge in [-0.25, -0.2) is 9.97 Å². The Morgan fingerprint density at radius 2 is 2.33 bits per heavy atom. The van der Waals surface area contributed by atoms with Crippen LogP contribution >= 0.6 is 0 Å². The van der Waals surface area contributed by atoms with Crippen molar-refractivity contribution < 1.29 is 4.74 Å². The molecule has 1 fully saturated rings. The lowest BCUT2D eigenvalue weighted by atomic mass is 10.2. The van der Waals surface area contributed by atoms with E-state index in [0.29, 0.717) is 0 Å². The Morgan fingerprint density at radius 1 is 1.38 bits per heavy atom. The predicted octanol–water partition coefficient (Wildman–Crippen LogP) is 1.53. The van der Waals surface area contributed by atoms with E-state index in [1.807, 2.05) is 16.9 Å². The van der Waals surface area contributed by atoms with Crippen LogP contribution in [0.3, 0.4) is 0 Å². The molecule has 0 amide bonds. The van der Waals surface area contributed by atoms with Crippen molar-refractivity contribution in [1.82, 2.24) is 19.7 Å². The summed E-state index contributed by atoms with van der Waals surface area (Å²) in [6.45, 7) is 5.47. The number of aryl methyl sites for hydroxylation is 1. The van der Waals surface area contributed by atoms with E-state index in [9.17, 15) is 0 Å². The highest BCUT2D eigenvalue weighted by Gasteiger charge is 2.20. The summed E-state index contributed by atoms with van der Waals surface area (Å²) in [6, 6.07) is 4.02. The first-order valence-electron chi connectivity index (χ1n) is 7.50.